The van der Waals surface area contributed by atoms with E-state index in [0.717, 1.165) is 66.3 Å². The van der Waals surface area contributed by atoms with Crippen molar-refractivity contribution in [1.82, 2.24) is 0 Å². The van der Waals surface area contributed by atoms with Crippen molar-refractivity contribution in [2.24, 2.45) is 0 Å². The third-order valence-electron chi connectivity index (χ3n) is 10.4. The van der Waals surface area contributed by atoms with E-state index in [1.807, 2.05) is 24.3 Å². The zero-order valence-electron chi connectivity index (χ0n) is 27.5. The summed E-state index contributed by atoms with van der Waals surface area (Å²) in [5.41, 5.74) is 9.21. The van der Waals surface area contributed by atoms with Crippen LogP contribution in [0.5, 0.6) is 0 Å². The minimum Gasteiger partial charge on any atom is -0.456 e. The van der Waals surface area contributed by atoms with Crippen molar-refractivity contribution in [2.75, 3.05) is 4.90 Å². The summed E-state index contributed by atoms with van der Waals surface area (Å²) in [6.07, 6.45) is 0. The van der Waals surface area contributed by atoms with Gasteiger partial charge in [-0.2, -0.15) is 0 Å². The molecule has 2 aromatic heterocycles. The predicted molar refractivity (Wildman–Crippen MR) is 214 cm³/mol. The molecule has 2 heterocycles. The molecule has 9 aromatic carbocycles. The van der Waals surface area contributed by atoms with Gasteiger partial charge >= 0.3 is 0 Å². The lowest BCUT2D eigenvalue weighted by Crippen LogP contribution is -2.09. The van der Waals surface area contributed by atoms with Gasteiger partial charge in [0.1, 0.15) is 22.3 Å². The van der Waals surface area contributed by atoms with E-state index in [1.54, 1.807) is 0 Å². The third kappa shape index (κ3) is 4.45. The lowest BCUT2D eigenvalue weighted by Gasteiger charge is -2.26. The fourth-order valence-electron chi connectivity index (χ4n) is 7.87. The lowest BCUT2D eigenvalue weighted by atomic mass is 9.98. The number of rotatable bonds is 4. The van der Waals surface area contributed by atoms with Gasteiger partial charge in [-0.15, -0.1) is 0 Å². The Kier molecular flexibility index (Phi) is 5.96. The van der Waals surface area contributed by atoms with E-state index in [4.69, 9.17) is 8.83 Å². The van der Waals surface area contributed by atoms with Crippen LogP contribution in [0.3, 0.4) is 0 Å². The molecular formula is C48H29NO2. The second-order valence-corrected chi connectivity index (χ2v) is 13.4. The van der Waals surface area contributed by atoms with Crippen LogP contribution in [0.25, 0.3) is 87.3 Å². The van der Waals surface area contributed by atoms with Gasteiger partial charge in [0.25, 0.3) is 0 Å². The van der Waals surface area contributed by atoms with Gasteiger partial charge in [0.05, 0.1) is 0 Å². The first-order valence-corrected chi connectivity index (χ1v) is 17.3. The van der Waals surface area contributed by atoms with Crippen LogP contribution < -0.4 is 4.90 Å². The molecule has 0 aliphatic rings. The highest BCUT2D eigenvalue weighted by Crippen LogP contribution is 2.42. The van der Waals surface area contributed by atoms with Crippen molar-refractivity contribution < 1.29 is 8.83 Å². The van der Waals surface area contributed by atoms with Gasteiger partial charge in [-0.05, 0) is 116 Å². The maximum atomic E-state index is 6.26. The Bertz CT molecular complexity index is 3150. The Labute approximate surface area is 293 Å². The molecule has 0 amide bonds. The van der Waals surface area contributed by atoms with Crippen LogP contribution in [0.4, 0.5) is 17.1 Å². The highest BCUT2D eigenvalue weighted by Gasteiger charge is 2.18. The van der Waals surface area contributed by atoms with Crippen LogP contribution in [0.1, 0.15) is 0 Å². The largest absolute Gasteiger partial charge is 0.456 e. The summed E-state index contributed by atoms with van der Waals surface area (Å²) in [5.74, 6) is 0. The molecule has 0 aliphatic carbocycles. The Hall–Kier alpha value is -6.84. The molecule has 0 saturated heterocycles. The lowest BCUT2D eigenvalue weighted by molar-refractivity contribution is 0.668. The summed E-state index contributed by atoms with van der Waals surface area (Å²) < 4.78 is 12.5. The zero-order chi connectivity index (χ0) is 33.5. The predicted octanol–water partition coefficient (Wildman–Crippen LogP) is 14.1. The van der Waals surface area contributed by atoms with Crippen molar-refractivity contribution in [3.05, 3.63) is 176 Å². The molecule has 11 aromatic rings. The maximum Gasteiger partial charge on any atom is 0.136 e. The number of nitrogens with zero attached hydrogens (tertiary/aromatic N) is 1. The molecule has 0 atom stereocenters. The number of benzene rings is 9. The van der Waals surface area contributed by atoms with Gasteiger partial charge in [0.15, 0.2) is 0 Å². The van der Waals surface area contributed by atoms with E-state index in [9.17, 15) is 0 Å². The van der Waals surface area contributed by atoms with Crippen molar-refractivity contribution >= 4 is 93.3 Å². The van der Waals surface area contributed by atoms with Crippen LogP contribution in [0, 0.1) is 0 Å². The van der Waals surface area contributed by atoms with Crippen LogP contribution in [-0.4, -0.2) is 0 Å². The molecule has 0 aliphatic heterocycles. The molecule has 3 nitrogen and oxygen atoms in total. The molecule has 51 heavy (non-hydrogen) atoms. The highest BCUT2D eigenvalue weighted by atomic mass is 16.3. The average molecular weight is 652 g/mol. The van der Waals surface area contributed by atoms with E-state index in [0.29, 0.717) is 0 Å². The third-order valence-corrected chi connectivity index (χ3v) is 10.4. The minimum absolute atomic E-state index is 0.882. The van der Waals surface area contributed by atoms with Gasteiger partial charge in [-0.25, -0.2) is 0 Å². The first-order chi connectivity index (χ1) is 25.2. The van der Waals surface area contributed by atoms with E-state index in [1.165, 1.54) is 38.1 Å². The number of hydrogen-bond donors (Lipinski definition) is 0. The van der Waals surface area contributed by atoms with Gasteiger partial charge in [0, 0.05) is 38.6 Å². The molecule has 0 unspecified atom stereocenters. The molecule has 0 radical (unpaired) electrons. The minimum atomic E-state index is 0.882. The van der Waals surface area contributed by atoms with E-state index >= 15 is 0 Å². The molecule has 0 saturated carbocycles. The van der Waals surface area contributed by atoms with Crippen molar-refractivity contribution in [3.63, 3.8) is 0 Å². The second-order valence-electron chi connectivity index (χ2n) is 13.4. The van der Waals surface area contributed by atoms with Crippen molar-refractivity contribution in [2.45, 2.75) is 0 Å². The summed E-state index contributed by atoms with van der Waals surface area (Å²) in [4.78, 5) is 2.36. The Balaban J connectivity index is 1.11. The summed E-state index contributed by atoms with van der Waals surface area (Å²) in [7, 11) is 0. The number of furan rings is 2. The molecule has 3 heteroatoms. The quantitative estimate of drug-likeness (QED) is 0.177. The number of para-hydroxylation sites is 2. The van der Waals surface area contributed by atoms with E-state index in [-0.39, 0.29) is 0 Å². The van der Waals surface area contributed by atoms with Crippen LogP contribution in [0.15, 0.2) is 185 Å². The summed E-state index contributed by atoms with van der Waals surface area (Å²) in [6, 6.07) is 62.9. The zero-order valence-corrected chi connectivity index (χ0v) is 27.5. The maximum absolute atomic E-state index is 6.26. The molecular weight excluding hydrogens is 623 g/mol. The molecule has 0 bridgehead atoms. The van der Waals surface area contributed by atoms with Gasteiger partial charge < -0.3 is 13.7 Å². The molecule has 0 N–H and O–H groups in total. The average Bonchev–Trinajstić information content (AvgIpc) is 3.75. The number of fused-ring (bicyclic) bond motifs is 10. The van der Waals surface area contributed by atoms with Crippen LogP contribution in [0.2, 0.25) is 0 Å². The highest BCUT2D eigenvalue weighted by molar-refractivity contribution is 6.17. The van der Waals surface area contributed by atoms with Crippen molar-refractivity contribution in [3.8, 4) is 11.1 Å². The Morgan fingerprint density at radius 2 is 0.804 bits per heavy atom. The van der Waals surface area contributed by atoms with Crippen molar-refractivity contribution in [1.29, 1.82) is 0 Å². The van der Waals surface area contributed by atoms with Gasteiger partial charge in [-0.1, -0.05) is 103 Å². The Morgan fingerprint density at radius 3 is 1.61 bits per heavy atom. The topological polar surface area (TPSA) is 29.5 Å². The normalized spacial score (nSPS) is 11.9. The molecule has 238 valence electrons. The molecule has 0 spiro atoms. The summed E-state index contributed by atoms with van der Waals surface area (Å²) in [6.45, 7) is 0. The fraction of sp³-hybridized carbons (Fsp3) is 0. The summed E-state index contributed by atoms with van der Waals surface area (Å²) >= 11 is 0. The first-order valence-electron chi connectivity index (χ1n) is 17.3. The smallest absolute Gasteiger partial charge is 0.136 e. The first kappa shape index (κ1) is 28.0. The summed E-state index contributed by atoms with van der Waals surface area (Å²) in [5, 5.41) is 11.7. The number of anilines is 3. The molecule has 11 rings (SSSR count). The molecule has 0 fully saturated rings. The van der Waals surface area contributed by atoms with Gasteiger partial charge in [-0.3, -0.25) is 0 Å². The van der Waals surface area contributed by atoms with Gasteiger partial charge in [0.2, 0.25) is 0 Å². The number of hydrogen-bond acceptors (Lipinski definition) is 3. The van der Waals surface area contributed by atoms with Crippen LogP contribution >= 0.6 is 0 Å². The van der Waals surface area contributed by atoms with Crippen LogP contribution in [-0.2, 0) is 0 Å². The monoisotopic (exact) mass is 651 g/mol. The standard InChI is InChI=1S/C48H29NO2/c1-2-8-33-25-34(15-13-30(33)7-1)31-17-20-36(21-18-31)49(38-23-24-47-43(28-38)39-9-3-5-11-45(39)50-47)37-22-19-32-14-16-35-26-48-44(29-42(35)41(32)27-37)40-10-4-6-12-46(40)51-48/h1-29H. The fourth-order valence-corrected chi connectivity index (χ4v) is 7.87. The SMILES string of the molecule is c1ccc2cc(-c3ccc(N(c4ccc5ccc6cc7oc8ccccc8c7cc6c5c4)c4ccc5oc6ccccc6c5c4)cc3)ccc2c1. The Morgan fingerprint density at radius 1 is 0.275 bits per heavy atom. The van der Waals surface area contributed by atoms with E-state index < -0.39 is 0 Å². The second kappa shape index (κ2) is 10.8. The van der Waals surface area contributed by atoms with E-state index in [2.05, 4.69) is 157 Å².